The molecule has 0 saturated heterocycles. The number of carbonyl (C=O) groups excluding carboxylic acids is 1. The van der Waals surface area contributed by atoms with Gasteiger partial charge in [-0.2, -0.15) is 5.10 Å². The van der Waals surface area contributed by atoms with E-state index in [1.54, 1.807) is 16.8 Å². The molecule has 2 atom stereocenters. The minimum Gasteiger partial charge on any atom is -0.327 e. The number of halogens is 2. The fourth-order valence-corrected chi connectivity index (χ4v) is 3.40. The van der Waals surface area contributed by atoms with E-state index in [0.29, 0.717) is 17.8 Å². The molecule has 0 unspecified atom stereocenters. The highest BCUT2D eigenvalue weighted by Gasteiger charge is 2.26. The number of nitrogens with two attached hydrogens (primary N) is 1. The smallest absolute Gasteiger partial charge is 0.224 e. The zero-order valence-electron chi connectivity index (χ0n) is 14.5. The molecule has 25 heavy (non-hydrogen) atoms. The van der Waals surface area contributed by atoms with Crippen LogP contribution in [0, 0.1) is 25.6 Å². The van der Waals surface area contributed by atoms with E-state index in [1.807, 2.05) is 19.9 Å². The summed E-state index contributed by atoms with van der Waals surface area (Å²) in [6, 6.07) is 6.64. The molecule has 1 aromatic carbocycles. The van der Waals surface area contributed by atoms with Crippen molar-refractivity contribution in [1.29, 1.82) is 0 Å². The molecule has 2 aromatic rings. The fraction of sp³-hybridized carbons (Fsp3) is 0.444. The molecule has 3 N–H and O–H groups in total. The van der Waals surface area contributed by atoms with Gasteiger partial charge in [-0.15, -0.1) is 12.4 Å². The predicted molar refractivity (Wildman–Crippen MR) is 98.8 cm³/mol. The summed E-state index contributed by atoms with van der Waals surface area (Å²) < 4.78 is 16.0. The number of carbonyl (C=O) groups is 1. The molecule has 136 valence electrons. The van der Waals surface area contributed by atoms with Gasteiger partial charge in [0.2, 0.25) is 5.91 Å². The van der Waals surface area contributed by atoms with Gasteiger partial charge in [-0.05, 0) is 56.9 Å². The minimum atomic E-state index is -0.420. The topological polar surface area (TPSA) is 72.9 Å². The van der Waals surface area contributed by atoms with Crippen LogP contribution in [0.5, 0.6) is 0 Å². The van der Waals surface area contributed by atoms with Gasteiger partial charge < -0.3 is 11.1 Å². The van der Waals surface area contributed by atoms with Gasteiger partial charge in [0, 0.05) is 23.8 Å². The SMILES string of the molecule is Cc1cc(C)n(-c2ccc(NC(=O)C[C@@H]3CCC[C@H]3N)cc2F)n1.Cl. The lowest BCUT2D eigenvalue weighted by Gasteiger charge is -2.15. The molecular formula is C18H24ClFN4O. The lowest BCUT2D eigenvalue weighted by Crippen LogP contribution is -2.28. The number of amides is 1. The molecule has 1 saturated carbocycles. The van der Waals surface area contributed by atoms with Crippen molar-refractivity contribution in [3.63, 3.8) is 0 Å². The highest BCUT2D eigenvalue weighted by atomic mass is 35.5. The highest BCUT2D eigenvalue weighted by Crippen LogP contribution is 2.27. The standard InChI is InChI=1S/C18H23FN4O.ClH/c1-11-8-12(2)23(22-11)17-7-6-14(10-15(17)19)21-18(24)9-13-4-3-5-16(13)20;/h6-8,10,13,16H,3-5,9,20H2,1-2H3,(H,21,24);1H/t13-,16+;/m0./s1. The summed E-state index contributed by atoms with van der Waals surface area (Å²) in [5.74, 6) is -0.309. The van der Waals surface area contributed by atoms with Crippen LogP contribution in [0.25, 0.3) is 5.69 Å². The third-order valence-corrected chi connectivity index (χ3v) is 4.63. The first-order valence-electron chi connectivity index (χ1n) is 8.32. The van der Waals surface area contributed by atoms with Crippen molar-refractivity contribution in [2.45, 2.75) is 45.6 Å². The number of nitrogens with zero attached hydrogens (tertiary/aromatic N) is 2. The second-order valence-corrected chi connectivity index (χ2v) is 6.61. The van der Waals surface area contributed by atoms with Gasteiger partial charge in [0.25, 0.3) is 0 Å². The summed E-state index contributed by atoms with van der Waals surface area (Å²) >= 11 is 0. The molecule has 1 amide bonds. The van der Waals surface area contributed by atoms with E-state index in [9.17, 15) is 9.18 Å². The van der Waals surface area contributed by atoms with Crippen LogP contribution in [-0.2, 0) is 4.79 Å². The van der Waals surface area contributed by atoms with Crippen LogP contribution in [0.15, 0.2) is 24.3 Å². The molecule has 0 aliphatic heterocycles. The molecule has 0 radical (unpaired) electrons. The van der Waals surface area contributed by atoms with Crippen molar-refractivity contribution >= 4 is 24.0 Å². The maximum absolute atomic E-state index is 14.4. The van der Waals surface area contributed by atoms with E-state index in [0.717, 1.165) is 30.7 Å². The van der Waals surface area contributed by atoms with Crippen LogP contribution < -0.4 is 11.1 Å². The first-order chi connectivity index (χ1) is 11.4. The average molecular weight is 367 g/mol. The Bertz CT molecular complexity index is 762. The van der Waals surface area contributed by atoms with Crippen molar-refractivity contribution in [2.75, 3.05) is 5.32 Å². The average Bonchev–Trinajstić information content (AvgIpc) is 3.05. The van der Waals surface area contributed by atoms with Gasteiger partial charge in [0.15, 0.2) is 5.82 Å². The predicted octanol–water partition coefficient (Wildman–Crippen LogP) is 3.51. The number of hydrogen-bond acceptors (Lipinski definition) is 3. The van der Waals surface area contributed by atoms with E-state index in [-0.39, 0.29) is 30.3 Å². The Morgan fingerprint density at radius 3 is 2.68 bits per heavy atom. The minimum absolute atomic E-state index is 0. The third kappa shape index (κ3) is 4.38. The zero-order chi connectivity index (χ0) is 17.3. The normalized spacial score (nSPS) is 19.5. The van der Waals surface area contributed by atoms with Crippen molar-refractivity contribution in [1.82, 2.24) is 9.78 Å². The molecule has 1 fully saturated rings. The van der Waals surface area contributed by atoms with E-state index in [2.05, 4.69) is 10.4 Å². The van der Waals surface area contributed by atoms with E-state index in [1.165, 1.54) is 6.07 Å². The Labute approximate surface area is 153 Å². The van der Waals surface area contributed by atoms with Crippen LogP contribution >= 0.6 is 12.4 Å². The second kappa shape index (κ2) is 7.97. The summed E-state index contributed by atoms with van der Waals surface area (Å²) in [5, 5.41) is 7.05. The maximum Gasteiger partial charge on any atom is 0.224 e. The molecule has 3 rings (SSSR count). The van der Waals surface area contributed by atoms with Crippen molar-refractivity contribution in [3.8, 4) is 5.69 Å². The van der Waals surface area contributed by atoms with Gasteiger partial charge >= 0.3 is 0 Å². The Balaban J connectivity index is 0.00000225. The van der Waals surface area contributed by atoms with Gasteiger partial charge in [-0.25, -0.2) is 9.07 Å². The summed E-state index contributed by atoms with van der Waals surface area (Å²) in [5.41, 5.74) is 8.51. The largest absolute Gasteiger partial charge is 0.327 e. The number of anilines is 1. The number of rotatable bonds is 4. The summed E-state index contributed by atoms with van der Waals surface area (Å²) in [4.78, 5) is 12.1. The van der Waals surface area contributed by atoms with E-state index >= 15 is 0 Å². The molecule has 0 bridgehead atoms. The van der Waals surface area contributed by atoms with Crippen LogP contribution in [0.4, 0.5) is 10.1 Å². The molecule has 0 spiro atoms. The summed E-state index contributed by atoms with van der Waals surface area (Å²) in [6.07, 6.45) is 3.43. The number of aryl methyl sites for hydroxylation is 2. The van der Waals surface area contributed by atoms with Crippen LogP contribution in [0.1, 0.15) is 37.1 Å². The van der Waals surface area contributed by atoms with Crippen molar-refractivity contribution in [3.05, 3.63) is 41.5 Å². The first-order valence-corrected chi connectivity index (χ1v) is 8.32. The Morgan fingerprint density at radius 1 is 1.36 bits per heavy atom. The van der Waals surface area contributed by atoms with Gasteiger partial charge in [0.05, 0.1) is 5.69 Å². The molecule has 7 heteroatoms. The van der Waals surface area contributed by atoms with Gasteiger partial charge in [-0.3, -0.25) is 4.79 Å². The molecule has 1 aliphatic carbocycles. The third-order valence-electron chi connectivity index (χ3n) is 4.63. The van der Waals surface area contributed by atoms with Crippen molar-refractivity contribution < 1.29 is 9.18 Å². The van der Waals surface area contributed by atoms with E-state index in [4.69, 9.17) is 5.73 Å². The lowest BCUT2D eigenvalue weighted by molar-refractivity contribution is -0.117. The molecule has 1 aromatic heterocycles. The number of benzene rings is 1. The molecule has 5 nitrogen and oxygen atoms in total. The number of hydrogen-bond donors (Lipinski definition) is 2. The Kier molecular flexibility index (Phi) is 6.19. The fourth-order valence-electron chi connectivity index (χ4n) is 3.40. The molecular weight excluding hydrogens is 343 g/mol. The zero-order valence-corrected chi connectivity index (χ0v) is 15.3. The number of nitrogens with one attached hydrogen (secondary N) is 1. The molecule has 1 aliphatic rings. The van der Waals surface area contributed by atoms with Crippen molar-refractivity contribution in [2.24, 2.45) is 11.7 Å². The summed E-state index contributed by atoms with van der Waals surface area (Å²) in [7, 11) is 0. The van der Waals surface area contributed by atoms with Crippen LogP contribution in [0.3, 0.4) is 0 Å². The van der Waals surface area contributed by atoms with E-state index < -0.39 is 5.82 Å². The Hall–Kier alpha value is -1.92. The highest BCUT2D eigenvalue weighted by molar-refractivity contribution is 5.91. The second-order valence-electron chi connectivity index (χ2n) is 6.61. The first kappa shape index (κ1) is 19.4. The lowest BCUT2D eigenvalue weighted by atomic mass is 10.00. The summed E-state index contributed by atoms with van der Waals surface area (Å²) in [6.45, 7) is 3.74. The van der Waals surface area contributed by atoms with Crippen LogP contribution in [-0.4, -0.2) is 21.7 Å². The van der Waals surface area contributed by atoms with Crippen LogP contribution in [0.2, 0.25) is 0 Å². The van der Waals surface area contributed by atoms with Gasteiger partial charge in [-0.1, -0.05) is 6.42 Å². The monoisotopic (exact) mass is 366 g/mol. The van der Waals surface area contributed by atoms with Gasteiger partial charge in [0.1, 0.15) is 5.69 Å². The Morgan fingerprint density at radius 2 is 2.12 bits per heavy atom. The quantitative estimate of drug-likeness (QED) is 0.869. The number of aromatic nitrogens is 2. The maximum atomic E-state index is 14.4. The molecule has 1 heterocycles.